The lowest BCUT2D eigenvalue weighted by Crippen LogP contribution is -2.01. The molecule has 0 unspecified atom stereocenters. The van der Waals surface area contributed by atoms with E-state index in [0.717, 1.165) is 16.9 Å². The first-order chi connectivity index (χ1) is 12.3. The minimum absolute atomic E-state index is 0.331. The van der Waals surface area contributed by atoms with E-state index in [9.17, 15) is 0 Å². The molecular weight excluding hydrogens is 318 g/mol. The molecule has 0 radical (unpaired) electrons. The molecule has 2 aromatic carbocycles. The van der Waals surface area contributed by atoms with Crippen molar-refractivity contribution in [3.8, 4) is 34.4 Å². The minimum Gasteiger partial charge on any atom is -0.494 e. The zero-order valence-corrected chi connectivity index (χ0v) is 13.7. The third-order valence-electron chi connectivity index (χ3n) is 3.87. The SMILES string of the molecule is COc1ccccc1-n1nnc(-c2nc(-c3ccccc3)no2)c1C. The zero-order chi connectivity index (χ0) is 17.2. The number of aromatic nitrogens is 5. The van der Waals surface area contributed by atoms with Gasteiger partial charge in [-0.3, -0.25) is 0 Å². The van der Waals surface area contributed by atoms with E-state index in [1.807, 2.05) is 61.5 Å². The van der Waals surface area contributed by atoms with Crippen LogP contribution in [0, 0.1) is 6.92 Å². The first-order valence-electron chi connectivity index (χ1n) is 7.73. The topological polar surface area (TPSA) is 78.9 Å². The van der Waals surface area contributed by atoms with Crippen molar-refractivity contribution in [2.24, 2.45) is 0 Å². The van der Waals surface area contributed by atoms with E-state index < -0.39 is 0 Å². The summed E-state index contributed by atoms with van der Waals surface area (Å²) in [4.78, 5) is 4.44. The molecule has 0 aliphatic rings. The summed E-state index contributed by atoms with van der Waals surface area (Å²) >= 11 is 0. The normalized spacial score (nSPS) is 10.8. The van der Waals surface area contributed by atoms with Gasteiger partial charge >= 0.3 is 0 Å². The summed E-state index contributed by atoms with van der Waals surface area (Å²) in [6.45, 7) is 1.90. The van der Waals surface area contributed by atoms with Crippen LogP contribution < -0.4 is 4.74 Å². The molecule has 0 saturated carbocycles. The fourth-order valence-electron chi connectivity index (χ4n) is 2.58. The molecule has 0 N–H and O–H groups in total. The molecule has 0 fully saturated rings. The standard InChI is InChI=1S/C18H15N5O2/c1-12-16(18-19-17(21-25-18)13-8-4-3-5-9-13)20-22-23(12)14-10-6-7-11-15(14)24-2/h3-11H,1-2H3. The summed E-state index contributed by atoms with van der Waals surface area (Å²) in [5.74, 6) is 1.55. The van der Waals surface area contributed by atoms with E-state index in [1.54, 1.807) is 11.8 Å². The van der Waals surface area contributed by atoms with Crippen molar-refractivity contribution >= 4 is 0 Å². The Bertz CT molecular complexity index is 1010. The van der Waals surface area contributed by atoms with Crippen LogP contribution in [0.1, 0.15) is 5.69 Å². The van der Waals surface area contributed by atoms with Crippen LogP contribution in [0.15, 0.2) is 59.1 Å². The Hall–Kier alpha value is -3.48. The largest absolute Gasteiger partial charge is 0.494 e. The number of benzene rings is 2. The van der Waals surface area contributed by atoms with E-state index in [4.69, 9.17) is 9.26 Å². The quantitative estimate of drug-likeness (QED) is 0.570. The number of nitrogens with zero attached hydrogens (tertiary/aromatic N) is 5. The number of hydrogen-bond acceptors (Lipinski definition) is 6. The van der Waals surface area contributed by atoms with Crippen molar-refractivity contribution in [1.82, 2.24) is 25.1 Å². The van der Waals surface area contributed by atoms with Gasteiger partial charge in [-0.05, 0) is 19.1 Å². The van der Waals surface area contributed by atoms with Gasteiger partial charge in [0.25, 0.3) is 5.89 Å². The highest BCUT2D eigenvalue weighted by molar-refractivity contribution is 5.59. The third kappa shape index (κ3) is 2.65. The van der Waals surface area contributed by atoms with Crippen LogP contribution in [0.4, 0.5) is 0 Å². The van der Waals surface area contributed by atoms with Crippen LogP contribution in [0.3, 0.4) is 0 Å². The van der Waals surface area contributed by atoms with Gasteiger partial charge < -0.3 is 9.26 Å². The highest BCUT2D eigenvalue weighted by Crippen LogP contribution is 2.27. The van der Waals surface area contributed by atoms with E-state index in [1.165, 1.54) is 0 Å². The van der Waals surface area contributed by atoms with Crippen molar-refractivity contribution in [2.75, 3.05) is 7.11 Å². The Morgan fingerprint density at radius 3 is 2.56 bits per heavy atom. The Kier molecular flexibility index (Phi) is 3.74. The Labute approximate surface area is 143 Å². The predicted molar refractivity (Wildman–Crippen MR) is 91.4 cm³/mol. The van der Waals surface area contributed by atoms with Crippen LogP contribution in [-0.2, 0) is 0 Å². The summed E-state index contributed by atoms with van der Waals surface area (Å²) in [6.07, 6.45) is 0. The average Bonchev–Trinajstić information content (AvgIpc) is 3.29. The monoisotopic (exact) mass is 333 g/mol. The number of hydrogen-bond donors (Lipinski definition) is 0. The van der Waals surface area contributed by atoms with Crippen LogP contribution in [-0.4, -0.2) is 32.2 Å². The second-order valence-electron chi connectivity index (χ2n) is 5.40. The van der Waals surface area contributed by atoms with Crippen LogP contribution >= 0.6 is 0 Å². The van der Waals surface area contributed by atoms with Gasteiger partial charge in [0, 0.05) is 5.56 Å². The van der Waals surface area contributed by atoms with Gasteiger partial charge in [-0.2, -0.15) is 4.98 Å². The molecule has 25 heavy (non-hydrogen) atoms. The fourth-order valence-corrected chi connectivity index (χ4v) is 2.58. The maximum atomic E-state index is 5.39. The molecule has 0 saturated heterocycles. The summed E-state index contributed by atoms with van der Waals surface area (Å²) in [5.41, 5.74) is 3.00. The molecule has 7 heteroatoms. The maximum absolute atomic E-state index is 5.39. The minimum atomic E-state index is 0.331. The lowest BCUT2D eigenvalue weighted by Gasteiger charge is -2.08. The number of rotatable bonds is 4. The smallest absolute Gasteiger partial charge is 0.280 e. The van der Waals surface area contributed by atoms with Crippen LogP contribution in [0.5, 0.6) is 5.75 Å². The number of ether oxygens (including phenoxy) is 1. The number of para-hydroxylation sites is 2. The van der Waals surface area contributed by atoms with Gasteiger partial charge in [-0.1, -0.05) is 52.8 Å². The summed E-state index contributed by atoms with van der Waals surface area (Å²) < 4.78 is 12.5. The third-order valence-corrected chi connectivity index (χ3v) is 3.87. The van der Waals surface area contributed by atoms with Crippen LogP contribution in [0.2, 0.25) is 0 Å². The average molecular weight is 333 g/mol. The lowest BCUT2D eigenvalue weighted by molar-refractivity contribution is 0.411. The molecule has 0 aliphatic carbocycles. The van der Waals surface area contributed by atoms with Crippen LogP contribution in [0.25, 0.3) is 28.7 Å². The molecule has 4 aromatic rings. The molecule has 124 valence electrons. The maximum Gasteiger partial charge on any atom is 0.280 e. The molecule has 7 nitrogen and oxygen atoms in total. The van der Waals surface area contributed by atoms with E-state index in [0.29, 0.717) is 23.2 Å². The molecule has 0 bridgehead atoms. The molecule has 2 aromatic heterocycles. The highest BCUT2D eigenvalue weighted by atomic mass is 16.5. The molecule has 0 spiro atoms. The summed E-state index contributed by atoms with van der Waals surface area (Å²) in [7, 11) is 1.62. The molecule has 0 aliphatic heterocycles. The molecule has 0 atom stereocenters. The van der Waals surface area contributed by atoms with Crippen molar-refractivity contribution in [1.29, 1.82) is 0 Å². The molecular formula is C18H15N5O2. The molecule has 4 rings (SSSR count). The Balaban J connectivity index is 1.74. The van der Waals surface area contributed by atoms with E-state index >= 15 is 0 Å². The summed E-state index contributed by atoms with van der Waals surface area (Å²) in [6, 6.07) is 17.2. The van der Waals surface area contributed by atoms with Gasteiger partial charge in [0.05, 0.1) is 12.8 Å². The van der Waals surface area contributed by atoms with E-state index in [2.05, 4.69) is 20.5 Å². The van der Waals surface area contributed by atoms with Gasteiger partial charge in [0.2, 0.25) is 5.82 Å². The Morgan fingerprint density at radius 1 is 1.00 bits per heavy atom. The van der Waals surface area contributed by atoms with Crippen molar-refractivity contribution in [2.45, 2.75) is 6.92 Å². The van der Waals surface area contributed by atoms with Crippen molar-refractivity contribution in [3.05, 3.63) is 60.3 Å². The second-order valence-corrected chi connectivity index (χ2v) is 5.40. The van der Waals surface area contributed by atoms with E-state index in [-0.39, 0.29) is 0 Å². The van der Waals surface area contributed by atoms with Gasteiger partial charge in [0.15, 0.2) is 5.69 Å². The number of methoxy groups -OCH3 is 1. The molecule has 2 heterocycles. The summed E-state index contributed by atoms with van der Waals surface area (Å²) in [5, 5.41) is 12.4. The lowest BCUT2D eigenvalue weighted by atomic mass is 10.2. The first kappa shape index (κ1) is 15.1. The molecule has 0 amide bonds. The zero-order valence-electron chi connectivity index (χ0n) is 13.7. The fraction of sp³-hybridized carbons (Fsp3) is 0.111. The van der Waals surface area contributed by atoms with Gasteiger partial charge in [-0.15, -0.1) is 5.10 Å². The van der Waals surface area contributed by atoms with Gasteiger partial charge in [-0.25, -0.2) is 4.68 Å². The predicted octanol–water partition coefficient (Wildman–Crippen LogP) is 3.30. The van der Waals surface area contributed by atoms with Gasteiger partial charge in [0.1, 0.15) is 11.4 Å². The van der Waals surface area contributed by atoms with Crippen molar-refractivity contribution < 1.29 is 9.26 Å². The first-order valence-corrected chi connectivity index (χ1v) is 7.73. The highest BCUT2D eigenvalue weighted by Gasteiger charge is 2.20. The Morgan fingerprint density at radius 2 is 1.76 bits per heavy atom. The second kappa shape index (κ2) is 6.20. The van der Waals surface area contributed by atoms with Crippen molar-refractivity contribution in [3.63, 3.8) is 0 Å².